The number of hydrogen-bond donors (Lipinski definition) is 1. The Bertz CT molecular complexity index is 297. The van der Waals surface area contributed by atoms with Gasteiger partial charge in [-0.3, -0.25) is 0 Å². The van der Waals surface area contributed by atoms with Gasteiger partial charge in [0.05, 0.1) is 0 Å². The van der Waals surface area contributed by atoms with Crippen LogP contribution in [0.3, 0.4) is 0 Å². The summed E-state index contributed by atoms with van der Waals surface area (Å²) in [6.45, 7) is 1.92. The Morgan fingerprint density at radius 1 is 1.43 bits per heavy atom. The van der Waals surface area contributed by atoms with Crippen LogP contribution in [0.15, 0.2) is 24.3 Å². The Hall–Kier alpha value is -1.09. The van der Waals surface area contributed by atoms with Crippen molar-refractivity contribution in [3.8, 4) is 5.75 Å². The third-order valence-electron chi connectivity index (χ3n) is 2.35. The van der Waals surface area contributed by atoms with Crippen molar-refractivity contribution in [1.82, 2.24) is 5.32 Å². The molecule has 0 unspecified atom stereocenters. The molecule has 1 fully saturated rings. The predicted octanol–water partition coefficient (Wildman–Crippen LogP) is 1.96. The Morgan fingerprint density at radius 3 is 3.07 bits per heavy atom. The van der Waals surface area contributed by atoms with E-state index in [1.54, 1.807) is 12.1 Å². The van der Waals surface area contributed by atoms with Gasteiger partial charge in [0.25, 0.3) is 0 Å². The second kappa shape index (κ2) is 4.42. The molecule has 0 spiro atoms. The molecule has 1 aliphatic heterocycles. The van der Waals surface area contributed by atoms with Crippen LogP contribution in [0.25, 0.3) is 0 Å². The van der Waals surface area contributed by atoms with E-state index in [9.17, 15) is 4.39 Å². The molecule has 0 amide bonds. The van der Waals surface area contributed by atoms with Crippen molar-refractivity contribution < 1.29 is 9.13 Å². The van der Waals surface area contributed by atoms with E-state index in [1.165, 1.54) is 12.1 Å². The molecule has 1 heterocycles. The largest absolute Gasteiger partial charge is 0.489 e. The molecule has 0 bridgehead atoms. The molecule has 76 valence electrons. The summed E-state index contributed by atoms with van der Waals surface area (Å²) >= 11 is 0. The van der Waals surface area contributed by atoms with Gasteiger partial charge in [-0.05, 0) is 31.5 Å². The smallest absolute Gasteiger partial charge is 0.126 e. The summed E-state index contributed by atoms with van der Waals surface area (Å²) in [7, 11) is 0. The van der Waals surface area contributed by atoms with E-state index >= 15 is 0 Å². The van der Waals surface area contributed by atoms with Crippen LogP contribution in [-0.2, 0) is 0 Å². The van der Waals surface area contributed by atoms with Crippen molar-refractivity contribution in [3.05, 3.63) is 30.1 Å². The van der Waals surface area contributed by atoms with Crippen LogP contribution in [0.5, 0.6) is 5.75 Å². The molecule has 1 aromatic carbocycles. The highest BCUT2D eigenvalue weighted by Crippen LogP contribution is 2.16. The van der Waals surface area contributed by atoms with Crippen LogP contribution in [0.2, 0.25) is 0 Å². The third-order valence-corrected chi connectivity index (χ3v) is 2.35. The van der Waals surface area contributed by atoms with E-state index in [0.717, 1.165) is 25.9 Å². The zero-order valence-electron chi connectivity index (χ0n) is 8.00. The van der Waals surface area contributed by atoms with E-state index in [1.807, 2.05) is 0 Å². The lowest BCUT2D eigenvalue weighted by Gasteiger charge is -2.23. The average molecular weight is 195 g/mol. The highest BCUT2D eigenvalue weighted by Gasteiger charge is 2.14. The summed E-state index contributed by atoms with van der Waals surface area (Å²) in [5, 5.41) is 3.25. The number of piperidine rings is 1. The zero-order valence-corrected chi connectivity index (χ0v) is 8.00. The predicted molar refractivity (Wildman–Crippen MR) is 52.9 cm³/mol. The lowest BCUT2D eigenvalue weighted by atomic mass is 10.1. The highest BCUT2D eigenvalue weighted by molar-refractivity contribution is 5.22. The zero-order chi connectivity index (χ0) is 9.80. The molecular formula is C11H14FNO. The first kappa shape index (κ1) is 9.46. The van der Waals surface area contributed by atoms with Crippen molar-refractivity contribution >= 4 is 0 Å². The Morgan fingerprint density at radius 2 is 2.36 bits per heavy atom. The second-order valence-corrected chi connectivity index (χ2v) is 3.54. The number of rotatable bonds is 2. The number of hydrogen-bond acceptors (Lipinski definition) is 2. The fourth-order valence-electron chi connectivity index (χ4n) is 1.65. The lowest BCUT2D eigenvalue weighted by Crippen LogP contribution is -2.37. The second-order valence-electron chi connectivity index (χ2n) is 3.54. The fraction of sp³-hybridized carbons (Fsp3) is 0.455. The molecule has 14 heavy (non-hydrogen) atoms. The van der Waals surface area contributed by atoms with Gasteiger partial charge in [-0.15, -0.1) is 0 Å². The maximum Gasteiger partial charge on any atom is 0.126 e. The van der Waals surface area contributed by atoms with Crippen LogP contribution in [0.4, 0.5) is 4.39 Å². The summed E-state index contributed by atoms with van der Waals surface area (Å²) in [6.07, 6.45) is 2.36. The molecular weight excluding hydrogens is 181 g/mol. The van der Waals surface area contributed by atoms with Crippen LogP contribution < -0.4 is 10.1 Å². The van der Waals surface area contributed by atoms with E-state index < -0.39 is 0 Å². The monoisotopic (exact) mass is 195 g/mol. The van der Waals surface area contributed by atoms with Crippen molar-refractivity contribution in [2.45, 2.75) is 18.9 Å². The highest BCUT2D eigenvalue weighted by atomic mass is 19.1. The van der Waals surface area contributed by atoms with Crippen LogP contribution in [-0.4, -0.2) is 19.2 Å². The van der Waals surface area contributed by atoms with Crippen molar-refractivity contribution in [2.24, 2.45) is 0 Å². The first-order valence-electron chi connectivity index (χ1n) is 4.97. The van der Waals surface area contributed by atoms with Gasteiger partial charge in [0.1, 0.15) is 17.7 Å². The first-order valence-corrected chi connectivity index (χ1v) is 4.97. The minimum Gasteiger partial charge on any atom is -0.489 e. The SMILES string of the molecule is Fc1cccc(O[C@@H]2CCCNC2)c1. The quantitative estimate of drug-likeness (QED) is 0.778. The van der Waals surface area contributed by atoms with Gasteiger partial charge in [-0.1, -0.05) is 6.07 Å². The van der Waals surface area contributed by atoms with E-state index in [2.05, 4.69) is 5.32 Å². The molecule has 0 aliphatic carbocycles. The Balaban J connectivity index is 1.95. The minimum atomic E-state index is -0.244. The van der Waals surface area contributed by atoms with E-state index in [0.29, 0.717) is 5.75 Å². The molecule has 1 saturated heterocycles. The molecule has 2 rings (SSSR count). The molecule has 0 aromatic heterocycles. The van der Waals surface area contributed by atoms with Crippen molar-refractivity contribution in [2.75, 3.05) is 13.1 Å². The molecule has 1 aliphatic rings. The van der Waals surface area contributed by atoms with E-state index in [4.69, 9.17) is 4.74 Å². The van der Waals surface area contributed by atoms with Gasteiger partial charge < -0.3 is 10.1 Å². The summed E-state index contributed by atoms with van der Waals surface area (Å²) in [5.41, 5.74) is 0. The molecule has 1 aromatic rings. The number of benzene rings is 1. The maximum absolute atomic E-state index is 12.8. The number of nitrogens with one attached hydrogen (secondary N) is 1. The molecule has 1 atom stereocenters. The van der Waals surface area contributed by atoms with Crippen LogP contribution >= 0.6 is 0 Å². The van der Waals surface area contributed by atoms with Gasteiger partial charge in [0, 0.05) is 12.6 Å². The van der Waals surface area contributed by atoms with Crippen molar-refractivity contribution in [3.63, 3.8) is 0 Å². The minimum absolute atomic E-state index is 0.186. The Kier molecular flexibility index (Phi) is 2.99. The Labute approximate surface area is 83.1 Å². The summed E-state index contributed by atoms with van der Waals surface area (Å²) in [4.78, 5) is 0. The standard InChI is InChI=1S/C11H14FNO/c12-9-3-1-4-10(7-9)14-11-5-2-6-13-8-11/h1,3-4,7,11,13H,2,5-6,8H2/t11-/m1/s1. The average Bonchev–Trinajstić information content (AvgIpc) is 2.19. The van der Waals surface area contributed by atoms with Crippen LogP contribution in [0, 0.1) is 5.82 Å². The summed E-state index contributed by atoms with van der Waals surface area (Å²) in [6, 6.07) is 6.30. The lowest BCUT2D eigenvalue weighted by molar-refractivity contribution is 0.166. The number of ether oxygens (including phenoxy) is 1. The van der Waals surface area contributed by atoms with Gasteiger partial charge >= 0.3 is 0 Å². The number of halogens is 1. The fourth-order valence-corrected chi connectivity index (χ4v) is 1.65. The van der Waals surface area contributed by atoms with Gasteiger partial charge in [-0.2, -0.15) is 0 Å². The molecule has 2 nitrogen and oxygen atoms in total. The first-order chi connectivity index (χ1) is 6.84. The van der Waals surface area contributed by atoms with Crippen LogP contribution in [0.1, 0.15) is 12.8 Å². The maximum atomic E-state index is 12.8. The molecule has 0 saturated carbocycles. The molecule has 1 N–H and O–H groups in total. The van der Waals surface area contributed by atoms with E-state index in [-0.39, 0.29) is 11.9 Å². The summed E-state index contributed by atoms with van der Waals surface area (Å²) in [5.74, 6) is 0.380. The van der Waals surface area contributed by atoms with Gasteiger partial charge in [0.15, 0.2) is 0 Å². The normalized spacial score (nSPS) is 21.9. The van der Waals surface area contributed by atoms with Crippen molar-refractivity contribution in [1.29, 1.82) is 0 Å². The summed E-state index contributed by atoms with van der Waals surface area (Å²) < 4.78 is 18.5. The molecule has 0 radical (unpaired) electrons. The molecule has 3 heteroatoms. The van der Waals surface area contributed by atoms with Gasteiger partial charge in [0.2, 0.25) is 0 Å². The topological polar surface area (TPSA) is 21.3 Å². The third kappa shape index (κ3) is 2.45. The van der Waals surface area contributed by atoms with Gasteiger partial charge in [-0.25, -0.2) is 4.39 Å².